The Morgan fingerprint density at radius 2 is 2.25 bits per heavy atom. The summed E-state index contributed by atoms with van der Waals surface area (Å²) in [4.78, 5) is 9.59. The maximum atomic E-state index is 9.98. The topological polar surface area (TPSA) is 43.1 Å². The Kier molecular flexibility index (Phi) is 2.90. The Bertz CT molecular complexity index is 103. The van der Waals surface area contributed by atoms with Crippen LogP contribution in [0.5, 0.6) is 0 Å². The zero-order valence-electron chi connectivity index (χ0n) is 4.23. The van der Waals surface area contributed by atoms with E-state index in [2.05, 4.69) is 31.9 Å². The predicted octanol–water partition coefficient (Wildman–Crippen LogP) is 1.77. The van der Waals surface area contributed by atoms with E-state index < -0.39 is 4.45 Å². The van der Waals surface area contributed by atoms with Gasteiger partial charge in [0.25, 0.3) is 4.45 Å². The summed E-state index contributed by atoms with van der Waals surface area (Å²) in [7, 11) is 0. The Labute approximate surface area is 63.9 Å². The monoisotopic (exact) mass is 245 g/mol. The quantitative estimate of drug-likeness (QED) is 0.323. The van der Waals surface area contributed by atoms with Crippen LogP contribution >= 0.6 is 31.9 Å². The molecule has 0 aromatic carbocycles. The molecule has 0 fully saturated rings. The highest BCUT2D eigenvalue weighted by Crippen LogP contribution is 2.19. The van der Waals surface area contributed by atoms with E-state index in [9.17, 15) is 10.1 Å². The second kappa shape index (κ2) is 2.77. The van der Waals surface area contributed by atoms with Crippen molar-refractivity contribution in [2.45, 2.75) is 11.4 Å². The smallest absolute Gasteiger partial charge is 0.263 e. The van der Waals surface area contributed by atoms with Crippen molar-refractivity contribution in [2.24, 2.45) is 0 Å². The average Bonchev–Trinajstić information content (AvgIpc) is 1.67. The van der Waals surface area contributed by atoms with Crippen LogP contribution in [0.3, 0.4) is 0 Å². The van der Waals surface area contributed by atoms with Crippen molar-refractivity contribution in [3.63, 3.8) is 0 Å². The molecule has 0 amide bonds. The average molecular weight is 247 g/mol. The summed E-state index contributed by atoms with van der Waals surface area (Å²) < 4.78 is -1.01. The fourth-order valence-corrected chi connectivity index (χ4v) is 0.254. The van der Waals surface area contributed by atoms with Crippen LogP contribution in [0.15, 0.2) is 0 Å². The van der Waals surface area contributed by atoms with Gasteiger partial charge in [-0.05, 0) is 0 Å². The fraction of sp³-hybridized carbons (Fsp3) is 1.00. The fourth-order valence-electron chi connectivity index (χ4n) is 0.0488. The zero-order valence-corrected chi connectivity index (χ0v) is 7.40. The number of halogens is 2. The van der Waals surface area contributed by atoms with Gasteiger partial charge in [-0.15, -0.1) is 0 Å². The van der Waals surface area contributed by atoms with Gasteiger partial charge in [0.1, 0.15) is 0 Å². The van der Waals surface area contributed by atoms with Crippen molar-refractivity contribution in [1.29, 1.82) is 0 Å². The Hall–Kier alpha value is 0.360. The van der Waals surface area contributed by atoms with Gasteiger partial charge in [0, 0.05) is 27.8 Å². The van der Waals surface area contributed by atoms with Crippen molar-refractivity contribution in [3.8, 4) is 0 Å². The van der Waals surface area contributed by atoms with E-state index >= 15 is 0 Å². The van der Waals surface area contributed by atoms with Gasteiger partial charge in [-0.2, -0.15) is 0 Å². The van der Waals surface area contributed by atoms with Crippen molar-refractivity contribution in [3.05, 3.63) is 10.1 Å². The summed E-state index contributed by atoms with van der Waals surface area (Å²) in [6.07, 6.45) is 0. The van der Waals surface area contributed by atoms with Crippen LogP contribution in [0.25, 0.3) is 0 Å². The number of alkyl halides is 2. The maximum absolute atomic E-state index is 9.98. The van der Waals surface area contributed by atoms with Crippen molar-refractivity contribution >= 4 is 31.9 Å². The van der Waals surface area contributed by atoms with Crippen LogP contribution in [-0.2, 0) is 0 Å². The van der Waals surface area contributed by atoms with Gasteiger partial charge in [0.15, 0.2) is 0 Å². The summed E-state index contributed by atoms with van der Waals surface area (Å²) in [5, 5.41) is 10.3. The van der Waals surface area contributed by atoms with Crippen molar-refractivity contribution in [1.82, 2.24) is 0 Å². The second-order valence-electron chi connectivity index (χ2n) is 1.53. The first-order chi connectivity index (χ1) is 3.50. The lowest BCUT2D eigenvalue weighted by atomic mass is 10.4. The zero-order chi connectivity index (χ0) is 6.78. The molecular weight excluding hydrogens is 242 g/mol. The number of hydrogen-bond acceptors (Lipinski definition) is 2. The number of nitro groups is 1. The van der Waals surface area contributed by atoms with Gasteiger partial charge >= 0.3 is 0 Å². The van der Waals surface area contributed by atoms with E-state index in [0.717, 1.165) is 0 Å². The molecule has 0 aromatic rings. The molecule has 0 saturated carbocycles. The van der Waals surface area contributed by atoms with Gasteiger partial charge in [-0.1, -0.05) is 15.9 Å². The Balaban J connectivity index is 3.91. The molecule has 1 atom stereocenters. The molecule has 0 heterocycles. The molecular formula is C3H5Br2NO2. The van der Waals surface area contributed by atoms with E-state index in [1.807, 2.05) is 0 Å². The predicted molar refractivity (Wildman–Crippen MR) is 38.1 cm³/mol. The SMILES string of the molecule is CC(Br)(CBr)[N+](=O)[O-]. The molecule has 0 spiro atoms. The Morgan fingerprint density at radius 1 is 1.88 bits per heavy atom. The summed E-state index contributed by atoms with van der Waals surface area (Å²) >= 11 is 5.88. The molecule has 0 rings (SSSR count). The van der Waals surface area contributed by atoms with Gasteiger partial charge in [0.2, 0.25) is 0 Å². The second-order valence-corrected chi connectivity index (χ2v) is 3.80. The van der Waals surface area contributed by atoms with Crippen LogP contribution in [0.2, 0.25) is 0 Å². The van der Waals surface area contributed by atoms with E-state index in [4.69, 9.17) is 0 Å². The van der Waals surface area contributed by atoms with E-state index in [0.29, 0.717) is 5.33 Å². The molecule has 0 aliphatic rings. The van der Waals surface area contributed by atoms with Gasteiger partial charge in [0.05, 0.1) is 5.33 Å². The lowest BCUT2D eigenvalue weighted by Gasteiger charge is -2.07. The van der Waals surface area contributed by atoms with Gasteiger partial charge < -0.3 is 0 Å². The molecule has 8 heavy (non-hydrogen) atoms. The molecule has 0 radical (unpaired) electrons. The molecule has 0 aromatic heterocycles. The molecule has 0 aliphatic carbocycles. The highest BCUT2D eigenvalue weighted by Gasteiger charge is 2.31. The molecule has 0 N–H and O–H groups in total. The van der Waals surface area contributed by atoms with Crippen molar-refractivity contribution in [2.75, 3.05) is 5.33 Å². The normalized spacial score (nSPS) is 17.4. The lowest BCUT2D eigenvalue weighted by Crippen LogP contribution is -2.28. The number of hydrogen-bond donors (Lipinski definition) is 0. The minimum absolute atomic E-state index is 0.312. The van der Waals surface area contributed by atoms with Crippen LogP contribution in [0, 0.1) is 10.1 Å². The van der Waals surface area contributed by atoms with Crippen LogP contribution in [0.1, 0.15) is 6.92 Å². The van der Waals surface area contributed by atoms with Gasteiger partial charge in [-0.3, -0.25) is 10.1 Å². The third-order valence-corrected chi connectivity index (χ3v) is 3.04. The van der Waals surface area contributed by atoms with E-state index in [1.165, 1.54) is 6.92 Å². The van der Waals surface area contributed by atoms with E-state index in [-0.39, 0.29) is 4.92 Å². The maximum Gasteiger partial charge on any atom is 0.281 e. The minimum atomic E-state index is -1.01. The van der Waals surface area contributed by atoms with Crippen LogP contribution in [-0.4, -0.2) is 14.7 Å². The first kappa shape index (κ1) is 8.36. The standard InChI is InChI=1S/C3H5Br2NO2/c1-3(5,2-4)6(7)8/h2H2,1H3. The molecule has 48 valence electrons. The molecule has 1 unspecified atom stereocenters. The summed E-state index contributed by atoms with van der Waals surface area (Å²) in [5.74, 6) is 0. The van der Waals surface area contributed by atoms with Crippen LogP contribution < -0.4 is 0 Å². The molecule has 5 heteroatoms. The number of rotatable bonds is 2. The van der Waals surface area contributed by atoms with E-state index in [1.54, 1.807) is 0 Å². The molecule has 0 saturated heterocycles. The third-order valence-electron chi connectivity index (χ3n) is 0.625. The lowest BCUT2D eigenvalue weighted by molar-refractivity contribution is -0.524. The Morgan fingerprint density at radius 3 is 2.25 bits per heavy atom. The van der Waals surface area contributed by atoms with Gasteiger partial charge in [-0.25, -0.2) is 0 Å². The molecule has 0 bridgehead atoms. The third kappa shape index (κ3) is 2.09. The highest BCUT2D eigenvalue weighted by molar-refractivity contribution is 9.12. The first-order valence-electron chi connectivity index (χ1n) is 1.90. The van der Waals surface area contributed by atoms with Crippen molar-refractivity contribution < 1.29 is 4.92 Å². The van der Waals surface area contributed by atoms with Crippen LogP contribution in [0.4, 0.5) is 0 Å². The summed E-state index contributed by atoms with van der Waals surface area (Å²) in [6, 6.07) is 0. The molecule has 0 aliphatic heterocycles. The summed E-state index contributed by atoms with van der Waals surface area (Å²) in [6.45, 7) is 1.49. The highest BCUT2D eigenvalue weighted by atomic mass is 79.9. The first-order valence-corrected chi connectivity index (χ1v) is 3.81. The summed E-state index contributed by atoms with van der Waals surface area (Å²) in [5.41, 5.74) is 0. The number of nitrogens with zero attached hydrogens (tertiary/aromatic N) is 1. The largest absolute Gasteiger partial charge is 0.281 e. The minimum Gasteiger partial charge on any atom is -0.263 e. The molecule has 3 nitrogen and oxygen atoms in total.